The van der Waals surface area contributed by atoms with Gasteiger partial charge in [0.2, 0.25) is 0 Å². The van der Waals surface area contributed by atoms with Crippen LogP contribution >= 0.6 is 0 Å². The van der Waals surface area contributed by atoms with Gasteiger partial charge in [0.25, 0.3) is 0 Å². The van der Waals surface area contributed by atoms with Crippen LogP contribution in [-0.4, -0.2) is 13.1 Å². The van der Waals surface area contributed by atoms with E-state index in [4.69, 9.17) is 0 Å². The summed E-state index contributed by atoms with van der Waals surface area (Å²) < 4.78 is 0. The minimum absolute atomic E-state index is 0. The first-order valence-electron chi connectivity index (χ1n) is 3.42. The molecule has 1 aliphatic rings. The van der Waals surface area contributed by atoms with Crippen molar-refractivity contribution >= 4 is 0 Å². The summed E-state index contributed by atoms with van der Waals surface area (Å²) in [4.78, 5) is 0. The Morgan fingerprint density at radius 2 is 2.33 bits per heavy atom. The summed E-state index contributed by atoms with van der Waals surface area (Å²) in [6.45, 7) is 4.62. The van der Waals surface area contributed by atoms with Gasteiger partial charge in [-0.1, -0.05) is 13.3 Å². The molecule has 9 heavy (non-hydrogen) atoms. The Bertz CT molecular complexity index is 57.9. The minimum Gasteiger partial charge on any atom is -0.346 e. The molecule has 0 spiro atoms. The molecule has 2 heteroatoms. The van der Waals surface area contributed by atoms with E-state index in [9.17, 15) is 0 Å². The van der Waals surface area contributed by atoms with Crippen molar-refractivity contribution in [3.05, 3.63) is 6.42 Å². The van der Waals surface area contributed by atoms with Crippen molar-refractivity contribution in [2.45, 2.75) is 19.8 Å². The molecule has 1 aliphatic heterocycles. The summed E-state index contributed by atoms with van der Waals surface area (Å²) in [5.74, 6) is 0.883. The van der Waals surface area contributed by atoms with Gasteiger partial charge in [-0.15, -0.1) is 6.54 Å². The van der Waals surface area contributed by atoms with Gasteiger partial charge in [0.15, 0.2) is 0 Å². The van der Waals surface area contributed by atoms with Gasteiger partial charge in [-0.2, -0.15) is 6.42 Å². The van der Waals surface area contributed by atoms with Crippen LogP contribution in [0.1, 0.15) is 19.8 Å². The van der Waals surface area contributed by atoms with Gasteiger partial charge in [0, 0.05) is 0 Å². The van der Waals surface area contributed by atoms with E-state index >= 15 is 0 Å². The first-order valence-corrected chi connectivity index (χ1v) is 3.42. The fourth-order valence-electron chi connectivity index (χ4n) is 1.04. The van der Waals surface area contributed by atoms with Gasteiger partial charge in [-0.25, -0.2) is 0 Å². The molecule has 1 atom stereocenters. The smallest absolute Gasteiger partial charge is 0 e. The third-order valence-corrected chi connectivity index (χ3v) is 1.65. The third kappa shape index (κ3) is 2.70. The molecule has 0 amide bonds. The van der Waals surface area contributed by atoms with Crippen LogP contribution in [0.3, 0.4) is 0 Å². The molecule has 1 nitrogen and oxygen atoms in total. The number of nitrogens with one attached hydrogen (secondary N) is 1. The summed E-state index contributed by atoms with van der Waals surface area (Å²) in [7, 11) is 0. The summed E-state index contributed by atoms with van der Waals surface area (Å²) in [5, 5.41) is 3.34. The molecule has 0 aromatic carbocycles. The predicted molar refractivity (Wildman–Crippen MR) is 35.6 cm³/mol. The second-order valence-corrected chi connectivity index (χ2v) is 2.63. The molecule has 1 unspecified atom stereocenters. The Morgan fingerprint density at radius 1 is 1.56 bits per heavy atom. The van der Waals surface area contributed by atoms with Crippen LogP contribution in [0.2, 0.25) is 0 Å². The van der Waals surface area contributed by atoms with E-state index in [2.05, 4.69) is 18.7 Å². The summed E-state index contributed by atoms with van der Waals surface area (Å²) in [6, 6.07) is 0. The molecule has 0 saturated carbocycles. The Kier molecular flexibility index (Phi) is 3.45. The quantitative estimate of drug-likeness (QED) is 0.638. The predicted octanol–water partition coefficient (Wildman–Crippen LogP) is 1.21. The standard InChI is InChI=1S/C7H14N.Es/c1-7-4-2-3-5-8-6-7;/h3,7-8H,2,4-6H2,1H3;/q-1;. The van der Waals surface area contributed by atoms with Gasteiger partial charge in [-0.05, 0) is 12.5 Å². The zero-order chi connectivity index (χ0) is 5.82. The second-order valence-electron chi connectivity index (χ2n) is 2.63. The Balaban J connectivity index is 0.000000640. The maximum Gasteiger partial charge on any atom is 0 e. The zero-order valence-electron chi connectivity index (χ0n) is 5.78. The average Bonchev–Trinajstić information content (AvgIpc) is 1.94. The molecular weight excluding hydrogens is 350 g/mol. The van der Waals surface area contributed by atoms with Crippen molar-refractivity contribution < 1.29 is 0 Å². The first-order chi connectivity index (χ1) is 3.89. The summed E-state index contributed by atoms with van der Waals surface area (Å²) in [5.41, 5.74) is 0. The van der Waals surface area contributed by atoms with E-state index < -0.39 is 0 Å². The normalized spacial score (nSPS) is 28.3. The van der Waals surface area contributed by atoms with E-state index in [1.165, 1.54) is 19.4 Å². The van der Waals surface area contributed by atoms with Crippen molar-refractivity contribution in [3.8, 4) is 0 Å². The molecule has 0 aromatic rings. The van der Waals surface area contributed by atoms with Crippen molar-refractivity contribution in [2.24, 2.45) is 5.92 Å². The Hall–Kier alpha value is -1.04. The first kappa shape index (κ1) is 7.96. The van der Waals surface area contributed by atoms with Gasteiger partial charge in [-0.3, -0.25) is 0 Å². The molecule has 0 bridgehead atoms. The van der Waals surface area contributed by atoms with Gasteiger partial charge in [0.1, 0.15) is 0 Å². The Morgan fingerprint density at radius 3 is 3.11 bits per heavy atom. The molecule has 1 saturated heterocycles. The molecule has 1 radical (unpaired) electrons. The number of rotatable bonds is 0. The van der Waals surface area contributed by atoms with E-state index in [-0.39, 0.29) is 0 Å². The van der Waals surface area contributed by atoms with Crippen molar-refractivity contribution in [3.63, 3.8) is 0 Å². The van der Waals surface area contributed by atoms with Crippen LogP contribution in [0.4, 0.5) is 0 Å². The maximum atomic E-state index is 3.34. The summed E-state index contributed by atoms with van der Waals surface area (Å²) in [6.07, 6.45) is 4.99. The molecule has 0 aromatic heterocycles. The minimum atomic E-state index is 0. The topological polar surface area (TPSA) is 12.0 Å². The second kappa shape index (κ2) is 3.90. The summed E-state index contributed by atoms with van der Waals surface area (Å²) >= 11 is 0. The van der Waals surface area contributed by atoms with Crippen LogP contribution in [0, 0.1) is 12.3 Å². The van der Waals surface area contributed by atoms with Crippen LogP contribution in [0.25, 0.3) is 0 Å². The number of hydrogen-bond donors (Lipinski definition) is 1. The van der Waals surface area contributed by atoms with Crippen LogP contribution in [0.5, 0.6) is 0 Å². The fraction of sp³-hybridized carbons (Fsp3) is 0.857. The fourth-order valence-corrected chi connectivity index (χ4v) is 1.04. The molecule has 59 valence electrons. The van der Waals surface area contributed by atoms with E-state index in [0.29, 0.717) is 0 Å². The van der Waals surface area contributed by atoms with Crippen molar-refractivity contribution in [1.29, 1.82) is 0 Å². The molecule has 0 aliphatic carbocycles. The average molecular weight is 364 g/mol. The van der Waals surface area contributed by atoms with Gasteiger partial charge < -0.3 is 11.7 Å². The molecule has 1 rings (SSSR count). The van der Waals surface area contributed by atoms with E-state index in [0.717, 1.165) is 12.5 Å². The van der Waals surface area contributed by atoms with Gasteiger partial charge in [0.05, 0.1) is 0 Å². The van der Waals surface area contributed by atoms with Crippen LogP contribution in [0.15, 0.2) is 0 Å². The van der Waals surface area contributed by atoms with Gasteiger partial charge >= 0.3 is 0 Å². The molecular formula is C7H14EsN-. The third-order valence-electron chi connectivity index (χ3n) is 1.65. The molecule has 1 heterocycles. The monoisotopic (exact) mass is 364 g/mol. The van der Waals surface area contributed by atoms with E-state index in [1.54, 1.807) is 0 Å². The van der Waals surface area contributed by atoms with E-state index in [1.807, 2.05) is 0 Å². The molecule has 1 fully saturated rings. The van der Waals surface area contributed by atoms with Crippen molar-refractivity contribution in [1.82, 2.24) is 5.32 Å². The van der Waals surface area contributed by atoms with Crippen LogP contribution in [-0.2, 0) is 0 Å². The van der Waals surface area contributed by atoms with Crippen LogP contribution < -0.4 is 5.32 Å². The van der Waals surface area contributed by atoms with Crippen molar-refractivity contribution in [2.75, 3.05) is 13.1 Å². The largest absolute Gasteiger partial charge is 0.346 e. The number of hydrogen-bond acceptors (Lipinski definition) is 1. The zero-order valence-corrected chi connectivity index (χ0v) is 8.30. The Labute approximate surface area is 51.5 Å². The maximum absolute atomic E-state index is 3.34. The SMILES string of the molecule is CC1CC[CH-]CNC1.[Es]. The molecule has 1 N–H and O–H groups in total.